The van der Waals surface area contributed by atoms with Gasteiger partial charge in [0.15, 0.2) is 5.78 Å². The van der Waals surface area contributed by atoms with Crippen LogP contribution >= 0.6 is 0 Å². The lowest BCUT2D eigenvalue weighted by Gasteiger charge is -2.47. The Kier molecular flexibility index (Phi) is 3.21. The summed E-state index contributed by atoms with van der Waals surface area (Å²) in [4.78, 5) is 12.6. The number of Topliss-reactive ketones (excluding diaryl/α,β-unsaturated/α-hetero) is 1. The number of allylic oxidation sites excluding steroid dienone is 2. The fourth-order valence-electron chi connectivity index (χ4n) is 4.70. The van der Waals surface area contributed by atoms with E-state index in [1.54, 1.807) is 0 Å². The van der Waals surface area contributed by atoms with Crippen molar-refractivity contribution >= 4 is 5.78 Å². The fourth-order valence-corrected chi connectivity index (χ4v) is 4.70. The predicted molar refractivity (Wildman–Crippen MR) is 90.1 cm³/mol. The summed E-state index contributed by atoms with van der Waals surface area (Å²) in [5.74, 6) is -0.0556. The first-order valence-electron chi connectivity index (χ1n) is 8.33. The summed E-state index contributed by atoms with van der Waals surface area (Å²) in [6.07, 6.45) is 5.69. The molecule has 2 aromatic rings. The smallest absolute Gasteiger partial charge is 0.176 e. The lowest BCUT2D eigenvalue weighted by molar-refractivity contribution is -0.121. The molecule has 0 saturated carbocycles. The number of aryl methyl sites for hydroxylation is 2. The van der Waals surface area contributed by atoms with Gasteiger partial charge in [-0.05, 0) is 36.0 Å². The average Bonchev–Trinajstić information content (AvgIpc) is 3.00. The van der Waals surface area contributed by atoms with Crippen molar-refractivity contribution in [2.24, 2.45) is 18.9 Å². The lowest BCUT2D eigenvalue weighted by Crippen LogP contribution is -2.48. The van der Waals surface area contributed by atoms with Gasteiger partial charge in [0, 0.05) is 13.0 Å². The summed E-state index contributed by atoms with van der Waals surface area (Å²) in [5, 5.41) is 14.0. The van der Waals surface area contributed by atoms with Gasteiger partial charge in [0.05, 0.1) is 22.9 Å². The van der Waals surface area contributed by atoms with Gasteiger partial charge in [0.1, 0.15) is 6.07 Å². The summed E-state index contributed by atoms with van der Waals surface area (Å²) in [5.41, 5.74) is 3.28. The monoisotopic (exact) mass is 317 g/mol. The van der Waals surface area contributed by atoms with Crippen LogP contribution < -0.4 is 0 Å². The van der Waals surface area contributed by atoms with Crippen molar-refractivity contribution in [1.29, 1.82) is 5.26 Å². The van der Waals surface area contributed by atoms with Crippen LogP contribution in [0.4, 0.5) is 0 Å². The summed E-state index contributed by atoms with van der Waals surface area (Å²) in [6, 6.07) is 12.4. The highest BCUT2D eigenvalue weighted by molar-refractivity contribution is 6.02. The molecule has 4 heteroatoms. The maximum absolute atomic E-state index is 12.6. The number of nitriles is 1. The molecule has 0 spiro atoms. The van der Waals surface area contributed by atoms with Crippen molar-refractivity contribution in [2.75, 3.05) is 0 Å². The maximum Gasteiger partial charge on any atom is 0.176 e. The normalized spacial score (nSPS) is 28.5. The van der Waals surface area contributed by atoms with E-state index in [0.717, 1.165) is 24.1 Å². The van der Waals surface area contributed by atoms with E-state index in [1.165, 1.54) is 5.56 Å². The standard InChI is InChI=1S/C20H19N3O/c1-13-17-9-8-14-12-22-23(2)19(14)20(17,10-15(11-21)18(13)24)16-6-4-3-5-7-16/h3-7,10,12-13,17H,8-9H2,1-2H3. The highest BCUT2D eigenvalue weighted by Gasteiger charge is 2.53. The van der Waals surface area contributed by atoms with Crippen LogP contribution in [0.2, 0.25) is 0 Å². The second-order valence-electron chi connectivity index (χ2n) is 6.84. The quantitative estimate of drug-likeness (QED) is 0.812. The molecule has 0 amide bonds. The predicted octanol–water partition coefficient (Wildman–Crippen LogP) is 2.94. The zero-order chi connectivity index (χ0) is 16.9. The Bertz CT molecular complexity index is 887. The first-order valence-corrected chi connectivity index (χ1v) is 8.33. The zero-order valence-corrected chi connectivity index (χ0v) is 13.9. The van der Waals surface area contributed by atoms with Gasteiger partial charge >= 0.3 is 0 Å². The molecule has 2 aliphatic rings. The number of hydrogen-bond donors (Lipinski definition) is 0. The number of hydrogen-bond acceptors (Lipinski definition) is 3. The number of ketones is 1. The average molecular weight is 317 g/mol. The van der Waals surface area contributed by atoms with E-state index < -0.39 is 5.41 Å². The largest absolute Gasteiger partial charge is 0.293 e. The van der Waals surface area contributed by atoms with Gasteiger partial charge in [-0.25, -0.2) is 0 Å². The van der Waals surface area contributed by atoms with Crippen molar-refractivity contribution in [3.8, 4) is 6.07 Å². The Morgan fingerprint density at radius 2 is 2.08 bits per heavy atom. The molecule has 0 radical (unpaired) electrons. The summed E-state index contributed by atoms with van der Waals surface area (Å²) in [6.45, 7) is 1.97. The molecule has 2 aliphatic carbocycles. The van der Waals surface area contributed by atoms with E-state index >= 15 is 0 Å². The van der Waals surface area contributed by atoms with E-state index in [9.17, 15) is 10.1 Å². The minimum atomic E-state index is -0.460. The highest BCUT2D eigenvalue weighted by atomic mass is 16.1. The molecule has 0 N–H and O–H groups in total. The molecule has 24 heavy (non-hydrogen) atoms. The van der Waals surface area contributed by atoms with Crippen LogP contribution in [0, 0.1) is 23.2 Å². The van der Waals surface area contributed by atoms with Crippen LogP contribution in [0.5, 0.6) is 0 Å². The summed E-state index contributed by atoms with van der Waals surface area (Å²) in [7, 11) is 1.95. The number of nitrogens with zero attached hydrogens (tertiary/aromatic N) is 3. The van der Waals surface area contributed by atoms with Crippen molar-refractivity contribution in [3.05, 3.63) is 65.0 Å². The Morgan fingerprint density at radius 1 is 1.33 bits per heavy atom. The minimum Gasteiger partial charge on any atom is -0.293 e. The molecule has 4 nitrogen and oxygen atoms in total. The van der Waals surface area contributed by atoms with Crippen molar-refractivity contribution in [3.63, 3.8) is 0 Å². The van der Waals surface area contributed by atoms with Crippen molar-refractivity contribution in [1.82, 2.24) is 9.78 Å². The molecular weight excluding hydrogens is 298 g/mol. The van der Waals surface area contributed by atoms with Gasteiger partial charge in [-0.1, -0.05) is 37.3 Å². The Labute approximate surface area is 141 Å². The Hall–Kier alpha value is -2.67. The van der Waals surface area contributed by atoms with Gasteiger partial charge in [0.2, 0.25) is 0 Å². The second-order valence-corrected chi connectivity index (χ2v) is 6.84. The van der Waals surface area contributed by atoms with Crippen LogP contribution in [-0.4, -0.2) is 15.6 Å². The number of carbonyl (C=O) groups excluding carboxylic acids is 1. The van der Waals surface area contributed by atoms with Gasteiger partial charge in [-0.3, -0.25) is 9.48 Å². The van der Waals surface area contributed by atoms with Crippen LogP contribution in [-0.2, 0) is 23.7 Å². The summed E-state index contributed by atoms with van der Waals surface area (Å²) < 4.78 is 1.92. The molecule has 120 valence electrons. The molecule has 1 aromatic heterocycles. The van der Waals surface area contributed by atoms with Crippen LogP contribution in [0.1, 0.15) is 30.2 Å². The van der Waals surface area contributed by atoms with Crippen LogP contribution in [0.15, 0.2) is 48.2 Å². The SMILES string of the molecule is CC1C(=O)C(C#N)=CC2(c3ccccc3)c3c(cnn3C)CCC12. The number of benzene rings is 1. The molecule has 0 bridgehead atoms. The molecule has 3 atom stereocenters. The first kappa shape index (κ1) is 14.9. The van der Waals surface area contributed by atoms with Crippen LogP contribution in [0.3, 0.4) is 0 Å². The minimum absolute atomic E-state index is 0.0281. The maximum atomic E-state index is 12.6. The van der Waals surface area contributed by atoms with E-state index in [4.69, 9.17) is 0 Å². The third kappa shape index (κ3) is 1.78. The number of carbonyl (C=O) groups is 1. The molecular formula is C20H19N3O. The molecule has 1 heterocycles. The van der Waals surface area contributed by atoms with E-state index in [0.29, 0.717) is 0 Å². The second kappa shape index (κ2) is 5.17. The van der Waals surface area contributed by atoms with Gasteiger partial charge in [-0.15, -0.1) is 0 Å². The van der Waals surface area contributed by atoms with Crippen molar-refractivity contribution in [2.45, 2.75) is 25.2 Å². The molecule has 0 aliphatic heterocycles. The Balaban J connectivity index is 2.11. The molecule has 4 rings (SSSR count). The number of aromatic nitrogens is 2. The third-order valence-corrected chi connectivity index (χ3v) is 5.74. The van der Waals surface area contributed by atoms with Gasteiger partial charge in [0.25, 0.3) is 0 Å². The van der Waals surface area contributed by atoms with Gasteiger partial charge in [-0.2, -0.15) is 10.4 Å². The van der Waals surface area contributed by atoms with E-state index in [2.05, 4.69) is 23.3 Å². The molecule has 1 aromatic carbocycles. The fraction of sp³-hybridized carbons (Fsp3) is 0.350. The molecule has 0 fully saturated rings. The number of rotatable bonds is 1. The number of fused-ring (bicyclic) bond motifs is 3. The van der Waals surface area contributed by atoms with Crippen molar-refractivity contribution < 1.29 is 4.79 Å². The van der Waals surface area contributed by atoms with E-state index in [-0.39, 0.29) is 23.2 Å². The topological polar surface area (TPSA) is 58.7 Å². The lowest BCUT2D eigenvalue weighted by atomic mass is 9.54. The Morgan fingerprint density at radius 3 is 2.79 bits per heavy atom. The summed E-state index contributed by atoms with van der Waals surface area (Å²) >= 11 is 0. The van der Waals surface area contributed by atoms with Gasteiger partial charge < -0.3 is 0 Å². The highest BCUT2D eigenvalue weighted by Crippen LogP contribution is 2.53. The van der Waals surface area contributed by atoms with E-state index in [1.807, 2.05) is 49.1 Å². The molecule has 0 saturated heterocycles. The van der Waals surface area contributed by atoms with Crippen LogP contribution in [0.25, 0.3) is 0 Å². The molecule has 3 unspecified atom stereocenters. The zero-order valence-electron chi connectivity index (χ0n) is 13.9. The third-order valence-electron chi connectivity index (χ3n) is 5.74. The first-order chi connectivity index (χ1) is 11.6.